The van der Waals surface area contributed by atoms with Crippen LogP contribution in [0.1, 0.15) is 30.9 Å². The van der Waals surface area contributed by atoms with Crippen molar-refractivity contribution in [3.8, 4) is 0 Å². The second-order valence-electron chi connectivity index (χ2n) is 5.17. The van der Waals surface area contributed by atoms with E-state index in [0.29, 0.717) is 0 Å². The van der Waals surface area contributed by atoms with E-state index in [-0.39, 0.29) is 17.4 Å². The van der Waals surface area contributed by atoms with E-state index < -0.39 is 0 Å². The predicted molar refractivity (Wildman–Crippen MR) is 66.5 cm³/mol. The molecule has 2 N–H and O–H groups in total. The lowest BCUT2D eigenvalue weighted by Crippen LogP contribution is -2.41. The lowest BCUT2D eigenvalue weighted by atomic mass is 9.76. The van der Waals surface area contributed by atoms with E-state index in [1.165, 1.54) is 5.56 Å². The maximum absolute atomic E-state index is 12.2. The Morgan fingerprint density at radius 2 is 1.82 bits per heavy atom. The molecule has 2 fully saturated rings. The van der Waals surface area contributed by atoms with Gasteiger partial charge in [-0.15, -0.1) is 0 Å². The Hall–Kier alpha value is -1.35. The number of hydrogen-bond acceptors (Lipinski definition) is 2. The molecule has 3 rings (SSSR count). The van der Waals surface area contributed by atoms with Crippen molar-refractivity contribution in [1.82, 2.24) is 10.6 Å². The van der Waals surface area contributed by atoms with Gasteiger partial charge in [-0.25, -0.2) is 0 Å². The van der Waals surface area contributed by atoms with E-state index >= 15 is 0 Å². The fourth-order valence-electron chi connectivity index (χ4n) is 3.07. The van der Waals surface area contributed by atoms with Crippen LogP contribution in [0.15, 0.2) is 30.3 Å². The van der Waals surface area contributed by atoms with Crippen LogP contribution in [0.2, 0.25) is 0 Å². The van der Waals surface area contributed by atoms with Gasteiger partial charge in [-0.2, -0.15) is 0 Å². The van der Waals surface area contributed by atoms with Gasteiger partial charge in [0.1, 0.15) is 0 Å². The van der Waals surface area contributed by atoms with Gasteiger partial charge < -0.3 is 10.6 Å². The van der Waals surface area contributed by atoms with E-state index in [1.807, 2.05) is 18.2 Å². The average molecular weight is 230 g/mol. The third kappa shape index (κ3) is 1.84. The van der Waals surface area contributed by atoms with E-state index in [0.717, 1.165) is 32.4 Å². The van der Waals surface area contributed by atoms with Crippen molar-refractivity contribution in [2.24, 2.45) is 5.41 Å². The SMILES string of the molecule is O=C1N[C@H](c2ccccc2)CC12CCNCC2. The highest BCUT2D eigenvalue weighted by Crippen LogP contribution is 2.43. The van der Waals surface area contributed by atoms with Gasteiger partial charge in [0, 0.05) is 0 Å². The second-order valence-corrected chi connectivity index (χ2v) is 5.17. The zero-order valence-electron chi connectivity index (χ0n) is 9.91. The second kappa shape index (κ2) is 4.15. The smallest absolute Gasteiger partial charge is 0.226 e. The lowest BCUT2D eigenvalue weighted by Gasteiger charge is -2.30. The number of hydrogen-bond donors (Lipinski definition) is 2. The summed E-state index contributed by atoms with van der Waals surface area (Å²) < 4.78 is 0. The molecule has 0 aromatic heterocycles. The summed E-state index contributed by atoms with van der Waals surface area (Å²) in [5.41, 5.74) is 1.13. The van der Waals surface area contributed by atoms with Crippen molar-refractivity contribution in [2.75, 3.05) is 13.1 Å². The lowest BCUT2D eigenvalue weighted by molar-refractivity contribution is -0.128. The molecule has 0 aliphatic carbocycles. The van der Waals surface area contributed by atoms with Gasteiger partial charge in [0.15, 0.2) is 0 Å². The van der Waals surface area contributed by atoms with Crippen molar-refractivity contribution >= 4 is 5.91 Å². The van der Waals surface area contributed by atoms with E-state index in [1.54, 1.807) is 0 Å². The Morgan fingerprint density at radius 3 is 2.53 bits per heavy atom. The van der Waals surface area contributed by atoms with Crippen molar-refractivity contribution in [2.45, 2.75) is 25.3 Å². The summed E-state index contributed by atoms with van der Waals surface area (Å²) in [5, 5.41) is 6.50. The fourth-order valence-corrected chi connectivity index (χ4v) is 3.07. The normalized spacial score (nSPS) is 27.1. The molecule has 0 radical (unpaired) electrons. The Kier molecular flexibility index (Phi) is 2.63. The first-order chi connectivity index (χ1) is 8.30. The van der Waals surface area contributed by atoms with Gasteiger partial charge in [0.25, 0.3) is 0 Å². The number of carbonyl (C=O) groups excluding carboxylic acids is 1. The molecule has 2 aliphatic rings. The maximum Gasteiger partial charge on any atom is 0.226 e. The number of carbonyl (C=O) groups is 1. The molecule has 1 aromatic rings. The third-order valence-electron chi connectivity index (χ3n) is 4.14. The zero-order valence-corrected chi connectivity index (χ0v) is 9.91. The maximum atomic E-state index is 12.2. The highest BCUT2D eigenvalue weighted by Gasteiger charge is 2.47. The summed E-state index contributed by atoms with van der Waals surface area (Å²) in [6.45, 7) is 1.93. The van der Waals surface area contributed by atoms with Crippen LogP contribution in [0.5, 0.6) is 0 Å². The molecule has 1 spiro atoms. The van der Waals surface area contributed by atoms with Crippen LogP contribution in [0.25, 0.3) is 0 Å². The van der Waals surface area contributed by atoms with Crippen molar-refractivity contribution in [3.63, 3.8) is 0 Å². The summed E-state index contributed by atoms with van der Waals surface area (Å²) >= 11 is 0. The van der Waals surface area contributed by atoms with Crippen molar-refractivity contribution in [1.29, 1.82) is 0 Å². The molecule has 2 saturated heterocycles. The Labute approximate surface area is 102 Å². The zero-order chi connectivity index (χ0) is 11.7. The molecule has 90 valence electrons. The summed E-state index contributed by atoms with van der Waals surface area (Å²) in [4.78, 5) is 12.2. The average Bonchev–Trinajstić information content (AvgIpc) is 2.69. The molecule has 1 atom stereocenters. The minimum Gasteiger partial charge on any atom is -0.349 e. The first kappa shape index (κ1) is 10.8. The van der Waals surface area contributed by atoms with E-state index in [9.17, 15) is 4.79 Å². The van der Waals surface area contributed by atoms with Crippen LogP contribution in [0.4, 0.5) is 0 Å². The molecule has 0 bridgehead atoms. The van der Waals surface area contributed by atoms with Gasteiger partial charge in [-0.1, -0.05) is 30.3 Å². The molecule has 3 nitrogen and oxygen atoms in total. The van der Waals surface area contributed by atoms with Gasteiger partial charge in [-0.05, 0) is 37.9 Å². The topological polar surface area (TPSA) is 41.1 Å². The van der Waals surface area contributed by atoms with Gasteiger partial charge in [0.2, 0.25) is 5.91 Å². The Bertz CT molecular complexity index is 409. The largest absolute Gasteiger partial charge is 0.349 e. The molecule has 1 amide bonds. The predicted octanol–water partition coefficient (Wildman–Crippen LogP) is 1.62. The summed E-state index contributed by atoms with van der Waals surface area (Å²) in [5.74, 6) is 0.257. The van der Waals surface area contributed by atoms with Crippen LogP contribution in [0, 0.1) is 5.41 Å². The highest BCUT2D eigenvalue weighted by atomic mass is 16.2. The van der Waals surface area contributed by atoms with Crippen LogP contribution in [-0.4, -0.2) is 19.0 Å². The summed E-state index contributed by atoms with van der Waals surface area (Å²) in [7, 11) is 0. The number of piperidine rings is 1. The Morgan fingerprint density at radius 1 is 1.12 bits per heavy atom. The molecular weight excluding hydrogens is 212 g/mol. The molecule has 0 unspecified atom stereocenters. The third-order valence-corrected chi connectivity index (χ3v) is 4.14. The van der Waals surface area contributed by atoms with Crippen molar-refractivity contribution in [3.05, 3.63) is 35.9 Å². The van der Waals surface area contributed by atoms with Crippen LogP contribution in [-0.2, 0) is 4.79 Å². The van der Waals surface area contributed by atoms with Crippen LogP contribution in [0.3, 0.4) is 0 Å². The number of amides is 1. The first-order valence-electron chi connectivity index (χ1n) is 6.37. The Balaban J connectivity index is 1.82. The molecule has 1 aromatic carbocycles. The fraction of sp³-hybridized carbons (Fsp3) is 0.500. The molecule has 17 heavy (non-hydrogen) atoms. The molecular formula is C14H18N2O. The standard InChI is InChI=1S/C14H18N2O/c17-13-14(6-8-15-9-7-14)10-12(16-13)11-4-2-1-3-5-11/h1-5,12,15H,6-10H2,(H,16,17)/t12-/m0/s1. The van der Waals surface area contributed by atoms with Gasteiger partial charge in [-0.3, -0.25) is 4.79 Å². The summed E-state index contributed by atoms with van der Waals surface area (Å²) in [6, 6.07) is 10.5. The van der Waals surface area contributed by atoms with Crippen molar-refractivity contribution < 1.29 is 4.79 Å². The molecule has 2 heterocycles. The van der Waals surface area contributed by atoms with Gasteiger partial charge >= 0.3 is 0 Å². The molecule has 0 saturated carbocycles. The first-order valence-corrected chi connectivity index (χ1v) is 6.37. The van der Waals surface area contributed by atoms with Crippen LogP contribution >= 0.6 is 0 Å². The minimum absolute atomic E-state index is 0.105. The number of benzene rings is 1. The molecule has 3 heteroatoms. The number of nitrogens with one attached hydrogen (secondary N) is 2. The molecule has 2 aliphatic heterocycles. The van der Waals surface area contributed by atoms with E-state index in [4.69, 9.17) is 0 Å². The monoisotopic (exact) mass is 230 g/mol. The van der Waals surface area contributed by atoms with Crippen LogP contribution < -0.4 is 10.6 Å². The number of rotatable bonds is 1. The van der Waals surface area contributed by atoms with E-state index in [2.05, 4.69) is 22.8 Å². The van der Waals surface area contributed by atoms with Gasteiger partial charge in [0.05, 0.1) is 11.5 Å². The quantitative estimate of drug-likeness (QED) is 0.769. The summed E-state index contributed by atoms with van der Waals surface area (Å²) in [6.07, 6.45) is 2.90. The minimum atomic E-state index is -0.105. The highest BCUT2D eigenvalue weighted by molar-refractivity contribution is 5.85.